The molecule has 0 aliphatic carbocycles. The Morgan fingerprint density at radius 3 is 2.26 bits per heavy atom. The summed E-state index contributed by atoms with van der Waals surface area (Å²) in [4.78, 5) is 12.6. The molecule has 6 heteroatoms. The predicted octanol–water partition coefficient (Wildman–Crippen LogP) is 5.14. The van der Waals surface area contributed by atoms with Crippen LogP contribution in [0.2, 0.25) is 0 Å². The minimum absolute atomic E-state index is 0.0366. The van der Waals surface area contributed by atoms with Crippen LogP contribution in [0.5, 0.6) is 0 Å². The molecule has 4 N–H and O–H groups in total. The number of aliphatic hydroxyl groups excluding tert-OH is 4. The van der Waals surface area contributed by atoms with Crippen molar-refractivity contribution in [3.05, 3.63) is 61.3 Å². The first-order valence-electron chi connectivity index (χ1n) is 14.1. The molecule has 38 heavy (non-hydrogen) atoms. The summed E-state index contributed by atoms with van der Waals surface area (Å²) in [7, 11) is 0. The van der Waals surface area contributed by atoms with Gasteiger partial charge in [0.25, 0.3) is 0 Å². The van der Waals surface area contributed by atoms with Crippen molar-refractivity contribution >= 4 is 5.97 Å². The zero-order chi connectivity index (χ0) is 28.8. The second-order valence-corrected chi connectivity index (χ2v) is 11.4. The molecule has 1 rings (SSSR count). The van der Waals surface area contributed by atoms with E-state index in [2.05, 4.69) is 13.5 Å². The van der Waals surface area contributed by atoms with Crippen molar-refractivity contribution in [3.63, 3.8) is 0 Å². The van der Waals surface area contributed by atoms with Gasteiger partial charge in [0, 0.05) is 36.2 Å². The molecular formula is C32H52O6. The summed E-state index contributed by atoms with van der Waals surface area (Å²) in [6.45, 7) is 15.5. The van der Waals surface area contributed by atoms with Crippen LogP contribution in [-0.4, -0.2) is 56.9 Å². The second-order valence-electron chi connectivity index (χ2n) is 11.4. The number of hydrogen-bond acceptors (Lipinski definition) is 6. The Hall–Kier alpha value is -1.99. The van der Waals surface area contributed by atoms with Gasteiger partial charge >= 0.3 is 5.97 Å². The largest absolute Gasteiger partial charge is 0.458 e. The van der Waals surface area contributed by atoms with Crippen LogP contribution >= 0.6 is 0 Å². The Balaban J connectivity index is 3.17. The van der Waals surface area contributed by atoms with Gasteiger partial charge in [0.1, 0.15) is 6.10 Å². The molecule has 11 atom stereocenters. The molecule has 0 saturated heterocycles. The lowest BCUT2D eigenvalue weighted by Gasteiger charge is -2.31. The number of ether oxygens (including phenoxy) is 1. The molecular weight excluding hydrogens is 480 g/mol. The Labute approximate surface area is 230 Å². The Morgan fingerprint density at radius 2 is 1.61 bits per heavy atom. The fourth-order valence-electron chi connectivity index (χ4n) is 5.04. The first-order valence-corrected chi connectivity index (χ1v) is 14.1. The number of esters is 1. The predicted molar refractivity (Wildman–Crippen MR) is 154 cm³/mol. The van der Waals surface area contributed by atoms with Crippen LogP contribution in [0.3, 0.4) is 0 Å². The highest BCUT2D eigenvalue weighted by Crippen LogP contribution is 2.28. The lowest BCUT2D eigenvalue weighted by Crippen LogP contribution is -2.37. The zero-order valence-electron chi connectivity index (χ0n) is 24.2. The highest BCUT2D eigenvalue weighted by molar-refractivity contribution is 5.82. The molecule has 1 heterocycles. The molecule has 1 unspecified atom stereocenters. The van der Waals surface area contributed by atoms with Gasteiger partial charge in [-0.3, -0.25) is 0 Å². The lowest BCUT2D eigenvalue weighted by molar-refractivity contribution is -0.150. The van der Waals surface area contributed by atoms with Gasteiger partial charge in [-0.2, -0.15) is 0 Å². The van der Waals surface area contributed by atoms with Gasteiger partial charge in [0.15, 0.2) is 0 Å². The third kappa shape index (κ3) is 12.2. The van der Waals surface area contributed by atoms with Crippen molar-refractivity contribution in [3.8, 4) is 0 Å². The molecule has 1 aliphatic heterocycles. The smallest absolute Gasteiger partial charge is 0.331 e. The molecule has 0 saturated carbocycles. The van der Waals surface area contributed by atoms with Crippen molar-refractivity contribution in [1.82, 2.24) is 0 Å². The van der Waals surface area contributed by atoms with Crippen LogP contribution in [0.4, 0.5) is 0 Å². The second kappa shape index (κ2) is 17.6. The SMILES string of the molecule is C=CC=C[C@H](C)C1OC(=O)C=CC=C[C@@H](C)[C@@H](O)C[C@H](O)C=C[C@H](C)[C@H](O)[C@@H](C)C[C@@H](C)CC[C@@H](O)[C@@H]1C. The molecule has 0 aromatic carbocycles. The summed E-state index contributed by atoms with van der Waals surface area (Å²) in [6, 6.07) is 0. The normalized spacial score (nSPS) is 38.2. The van der Waals surface area contributed by atoms with Crippen molar-refractivity contribution in [1.29, 1.82) is 0 Å². The first-order chi connectivity index (χ1) is 17.9. The number of rotatable bonds is 3. The van der Waals surface area contributed by atoms with Gasteiger partial charge in [-0.05, 0) is 31.1 Å². The van der Waals surface area contributed by atoms with E-state index >= 15 is 0 Å². The maximum atomic E-state index is 12.6. The minimum Gasteiger partial charge on any atom is -0.458 e. The van der Waals surface area contributed by atoms with Gasteiger partial charge in [-0.15, -0.1) is 0 Å². The number of hydrogen-bond donors (Lipinski definition) is 4. The fourth-order valence-corrected chi connectivity index (χ4v) is 5.04. The van der Waals surface area contributed by atoms with E-state index in [0.29, 0.717) is 6.42 Å². The van der Waals surface area contributed by atoms with Crippen LogP contribution in [0.15, 0.2) is 61.3 Å². The summed E-state index contributed by atoms with van der Waals surface area (Å²) in [5.41, 5.74) is 0. The van der Waals surface area contributed by atoms with Crippen molar-refractivity contribution in [2.24, 2.45) is 35.5 Å². The molecule has 6 nitrogen and oxygen atoms in total. The van der Waals surface area contributed by atoms with E-state index in [1.54, 1.807) is 30.4 Å². The zero-order valence-corrected chi connectivity index (χ0v) is 24.2. The lowest BCUT2D eigenvalue weighted by atomic mass is 9.82. The maximum Gasteiger partial charge on any atom is 0.331 e. The number of cyclic esters (lactones) is 1. The summed E-state index contributed by atoms with van der Waals surface area (Å²) in [5.74, 6) is -0.976. The fraction of sp³-hybridized carbons (Fsp3) is 0.656. The summed E-state index contributed by atoms with van der Waals surface area (Å²) in [5, 5.41) is 42.7. The number of allylic oxidation sites excluding steroid dienone is 4. The highest BCUT2D eigenvalue weighted by Gasteiger charge is 2.31. The van der Waals surface area contributed by atoms with Gasteiger partial charge in [-0.25, -0.2) is 4.79 Å². The molecule has 0 aromatic rings. The molecule has 0 radical (unpaired) electrons. The molecule has 0 aromatic heterocycles. The first kappa shape index (κ1) is 34.0. The Bertz CT molecular complexity index is 815. The number of carbonyl (C=O) groups is 1. The van der Waals surface area contributed by atoms with Crippen LogP contribution < -0.4 is 0 Å². The van der Waals surface area contributed by atoms with Crippen LogP contribution in [-0.2, 0) is 9.53 Å². The van der Waals surface area contributed by atoms with Gasteiger partial charge in [0.2, 0.25) is 0 Å². The van der Waals surface area contributed by atoms with Crippen LogP contribution in [0, 0.1) is 35.5 Å². The molecule has 0 amide bonds. The monoisotopic (exact) mass is 532 g/mol. The molecule has 0 fully saturated rings. The van der Waals surface area contributed by atoms with Crippen LogP contribution in [0.1, 0.15) is 67.2 Å². The van der Waals surface area contributed by atoms with E-state index in [0.717, 1.165) is 12.8 Å². The third-order valence-corrected chi connectivity index (χ3v) is 7.78. The average Bonchev–Trinajstić information content (AvgIpc) is 2.88. The summed E-state index contributed by atoms with van der Waals surface area (Å²) < 4.78 is 5.81. The van der Waals surface area contributed by atoms with E-state index in [9.17, 15) is 25.2 Å². The quantitative estimate of drug-likeness (QED) is 0.228. The Kier molecular flexibility index (Phi) is 15.7. The van der Waals surface area contributed by atoms with E-state index in [4.69, 9.17) is 4.74 Å². The summed E-state index contributed by atoms with van der Waals surface area (Å²) in [6.07, 6.45) is 14.2. The number of carbonyl (C=O) groups excluding carboxylic acids is 1. The molecule has 0 bridgehead atoms. The topological polar surface area (TPSA) is 107 Å². The van der Waals surface area contributed by atoms with Gasteiger partial charge in [-0.1, -0.05) is 96.7 Å². The van der Waals surface area contributed by atoms with Crippen molar-refractivity contribution < 1.29 is 30.0 Å². The van der Waals surface area contributed by atoms with E-state index < -0.39 is 36.5 Å². The van der Waals surface area contributed by atoms with Crippen molar-refractivity contribution in [2.45, 2.75) is 97.7 Å². The highest BCUT2D eigenvalue weighted by atomic mass is 16.5. The average molecular weight is 533 g/mol. The van der Waals surface area contributed by atoms with E-state index in [1.165, 1.54) is 6.08 Å². The number of aliphatic hydroxyl groups is 4. The van der Waals surface area contributed by atoms with Crippen LogP contribution in [0.25, 0.3) is 0 Å². The standard InChI is InChI=1S/C32H52O6/c1-8-9-12-24(5)32-26(7)28(34)18-15-21(2)19-25(6)31(37)23(4)16-17-27(33)20-29(35)22(3)13-10-11-14-30(36)38-32/h8-14,16-17,21-29,31-35,37H,1,15,18-20H2,2-7H3/t21-,22+,23-,24-,25-,26-,27+,28+,29-,31-,32?/m0/s1. The molecule has 0 spiro atoms. The molecule has 216 valence electrons. The van der Waals surface area contributed by atoms with Crippen molar-refractivity contribution in [2.75, 3.05) is 0 Å². The maximum absolute atomic E-state index is 12.6. The van der Waals surface area contributed by atoms with E-state index in [1.807, 2.05) is 52.8 Å². The van der Waals surface area contributed by atoms with Gasteiger partial charge in [0.05, 0.1) is 24.4 Å². The third-order valence-electron chi connectivity index (χ3n) is 7.78. The molecule has 1 aliphatic rings. The minimum atomic E-state index is -0.828. The van der Waals surface area contributed by atoms with Gasteiger partial charge < -0.3 is 25.2 Å². The summed E-state index contributed by atoms with van der Waals surface area (Å²) >= 11 is 0. The van der Waals surface area contributed by atoms with E-state index in [-0.39, 0.29) is 41.9 Å². The Morgan fingerprint density at radius 1 is 0.921 bits per heavy atom.